The SMILES string of the molecule is CN1CCN(CN2C(=O)SC(=Cc3ccc(-c4cccc(Cl)c4)o3)C2=O)CC1. The molecule has 0 radical (unpaired) electrons. The molecule has 0 unspecified atom stereocenters. The van der Waals surface area contributed by atoms with Crippen LogP contribution in [0.5, 0.6) is 0 Å². The summed E-state index contributed by atoms with van der Waals surface area (Å²) < 4.78 is 5.82. The molecule has 2 aliphatic heterocycles. The molecule has 8 heteroatoms. The lowest BCUT2D eigenvalue weighted by Crippen LogP contribution is -2.49. The van der Waals surface area contributed by atoms with Crippen molar-refractivity contribution in [2.24, 2.45) is 0 Å². The number of carbonyl (C=O) groups excluding carboxylic acids is 2. The van der Waals surface area contributed by atoms with Crippen molar-refractivity contribution in [2.75, 3.05) is 39.9 Å². The fourth-order valence-corrected chi connectivity index (χ4v) is 4.17. The number of thioether (sulfide) groups is 1. The van der Waals surface area contributed by atoms with Crippen LogP contribution in [0.2, 0.25) is 5.02 Å². The second kappa shape index (κ2) is 8.13. The molecule has 2 amide bonds. The summed E-state index contributed by atoms with van der Waals surface area (Å²) in [4.78, 5) is 31.1. The summed E-state index contributed by atoms with van der Waals surface area (Å²) in [5, 5.41) is 0.386. The Morgan fingerprint density at radius 3 is 2.68 bits per heavy atom. The highest BCUT2D eigenvalue weighted by atomic mass is 35.5. The Morgan fingerprint density at radius 2 is 1.93 bits per heavy atom. The summed E-state index contributed by atoms with van der Waals surface area (Å²) in [6, 6.07) is 11.0. The van der Waals surface area contributed by atoms with Crippen LogP contribution in [0.15, 0.2) is 45.7 Å². The van der Waals surface area contributed by atoms with E-state index in [2.05, 4.69) is 16.8 Å². The summed E-state index contributed by atoms with van der Waals surface area (Å²) in [6.45, 7) is 3.90. The number of nitrogens with zero attached hydrogens (tertiary/aromatic N) is 3. The number of amides is 2. The van der Waals surface area contributed by atoms with Crippen molar-refractivity contribution in [3.05, 3.63) is 52.1 Å². The minimum absolute atomic E-state index is 0.239. The quantitative estimate of drug-likeness (QED) is 0.704. The molecule has 6 nitrogen and oxygen atoms in total. The Hall–Kier alpha value is -2.06. The van der Waals surface area contributed by atoms with Gasteiger partial charge in [-0.3, -0.25) is 19.4 Å². The molecule has 146 valence electrons. The lowest BCUT2D eigenvalue weighted by molar-refractivity contribution is -0.124. The Morgan fingerprint density at radius 1 is 1.14 bits per heavy atom. The Kier molecular flexibility index (Phi) is 5.59. The maximum atomic E-state index is 12.7. The first-order valence-electron chi connectivity index (χ1n) is 9.01. The number of hydrogen-bond donors (Lipinski definition) is 0. The minimum atomic E-state index is -0.269. The van der Waals surface area contributed by atoms with Crippen LogP contribution in [-0.2, 0) is 4.79 Å². The fraction of sp³-hybridized carbons (Fsp3) is 0.300. The number of piperazine rings is 1. The molecule has 4 rings (SSSR count). The van der Waals surface area contributed by atoms with Gasteiger partial charge in [0.1, 0.15) is 11.5 Å². The highest BCUT2D eigenvalue weighted by molar-refractivity contribution is 8.18. The summed E-state index contributed by atoms with van der Waals surface area (Å²) in [6.07, 6.45) is 1.63. The molecule has 0 bridgehead atoms. The van der Waals surface area contributed by atoms with Crippen LogP contribution in [0.25, 0.3) is 17.4 Å². The highest BCUT2D eigenvalue weighted by Gasteiger charge is 2.36. The molecule has 2 fully saturated rings. The normalized spacial score (nSPS) is 20.5. The maximum Gasteiger partial charge on any atom is 0.294 e. The van der Waals surface area contributed by atoms with E-state index in [1.54, 1.807) is 18.2 Å². The molecule has 2 saturated heterocycles. The van der Waals surface area contributed by atoms with Crippen LogP contribution < -0.4 is 0 Å². The third-order valence-corrected chi connectivity index (χ3v) is 5.96. The van der Waals surface area contributed by atoms with Crippen molar-refractivity contribution < 1.29 is 14.0 Å². The summed E-state index contributed by atoms with van der Waals surface area (Å²) in [5.41, 5.74) is 0.857. The van der Waals surface area contributed by atoms with Crippen molar-refractivity contribution in [1.82, 2.24) is 14.7 Å². The van der Waals surface area contributed by atoms with Crippen molar-refractivity contribution in [3.63, 3.8) is 0 Å². The Labute approximate surface area is 172 Å². The van der Waals surface area contributed by atoms with Crippen molar-refractivity contribution in [1.29, 1.82) is 0 Å². The van der Waals surface area contributed by atoms with Gasteiger partial charge in [-0.05, 0) is 43.1 Å². The lowest BCUT2D eigenvalue weighted by atomic mass is 10.2. The van der Waals surface area contributed by atoms with Gasteiger partial charge in [0.2, 0.25) is 0 Å². The molecule has 3 heterocycles. The van der Waals surface area contributed by atoms with E-state index >= 15 is 0 Å². The second-order valence-electron chi connectivity index (χ2n) is 6.88. The van der Waals surface area contributed by atoms with Gasteiger partial charge in [-0.2, -0.15) is 0 Å². The van der Waals surface area contributed by atoms with Gasteiger partial charge in [0, 0.05) is 42.8 Å². The molecule has 1 aromatic heterocycles. The second-order valence-corrected chi connectivity index (χ2v) is 8.31. The molecule has 0 N–H and O–H groups in total. The van der Waals surface area contributed by atoms with Crippen LogP contribution in [0.3, 0.4) is 0 Å². The minimum Gasteiger partial charge on any atom is -0.457 e. The predicted molar refractivity (Wildman–Crippen MR) is 111 cm³/mol. The number of halogens is 1. The van der Waals surface area contributed by atoms with E-state index in [-0.39, 0.29) is 11.1 Å². The van der Waals surface area contributed by atoms with Crippen molar-refractivity contribution in [3.8, 4) is 11.3 Å². The van der Waals surface area contributed by atoms with Crippen molar-refractivity contribution >= 4 is 40.6 Å². The van der Waals surface area contributed by atoms with Gasteiger partial charge in [-0.1, -0.05) is 23.7 Å². The number of furan rings is 1. The number of carbonyl (C=O) groups is 2. The summed E-state index contributed by atoms with van der Waals surface area (Å²) >= 11 is 6.98. The lowest BCUT2D eigenvalue weighted by Gasteiger charge is -2.33. The third kappa shape index (κ3) is 4.17. The molecule has 2 aliphatic rings. The molecule has 0 spiro atoms. The van der Waals surface area contributed by atoms with Gasteiger partial charge < -0.3 is 9.32 Å². The van der Waals surface area contributed by atoms with Crippen LogP contribution in [0, 0.1) is 0 Å². The first kappa shape index (κ1) is 19.3. The van der Waals surface area contributed by atoms with Crippen LogP contribution in [0.1, 0.15) is 5.76 Å². The fourth-order valence-electron chi connectivity index (χ4n) is 3.17. The van der Waals surface area contributed by atoms with E-state index in [0.717, 1.165) is 43.5 Å². The molecule has 2 aromatic rings. The van der Waals surface area contributed by atoms with E-state index in [4.69, 9.17) is 16.0 Å². The van der Waals surface area contributed by atoms with Gasteiger partial charge in [-0.25, -0.2) is 0 Å². The zero-order chi connectivity index (χ0) is 19.7. The van der Waals surface area contributed by atoms with E-state index in [0.29, 0.717) is 28.1 Å². The highest BCUT2D eigenvalue weighted by Crippen LogP contribution is 2.33. The predicted octanol–water partition coefficient (Wildman–Crippen LogP) is 3.84. The maximum absolute atomic E-state index is 12.7. The monoisotopic (exact) mass is 417 g/mol. The first-order valence-corrected chi connectivity index (χ1v) is 10.2. The number of hydrogen-bond acceptors (Lipinski definition) is 6. The molecule has 1 aromatic carbocycles. The Balaban J connectivity index is 1.47. The first-order chi connectivity index (χ1) is 13.5. The zero-order valence-electron chi connectivity index (χ0n) is 15.4. The summed E-state index contributed by atoms with van der Waals surface area (Å²) in [7, 11) is 2.07. The van der Waals surface area contributed by atoms with E-state index in [9.17, 15) is 9.59 Å². The molecule has 0 atom stereocenters. The van der Waals surface area contributed by atoms with E-state index < -0.39 is 0 Å². The number of likely N-dealkylation sites (N-methyl/N-ethyl adjacent to an activating group) is 1. The van der Waals surface area contributed by atoms with Crippen LogP contribution >= 0.6 is 23.4 Å². The number of imide groups is 1. The van der Waals surface area contributed by atoms with Gasteiger partial charge in [0.15, 0.2) is 0 Å². The van der Waals surface area contributed by atoms with Crippen molar-refractivity contribution in [2.45, 2.75) is 0 Å². The average molecular weight is 418 g/mol. The molecule has 0 saturated carbocycles. The number of rotatable bonds is 4. The van der Waals surface area contributed by atoms with Gasteiger partial charge in [0.05, 0.1) is 11.6 Å². The van der Waals surface area contributed by atoms with Crippen LogP contribution in [-0.4, -0.2) is 65.7 Å². The standard InChI is InChI=1S/C20H20ClN3O3S/c1-22-7-9-23(10-8-22)13-24-19(25)18(28-20(24)26)12-16-5-6-17(27-16)14-3-2-4-15(21)11-14/h2-6,11-12H,7-10,13H2,1H3. The smallest absolute Gasteiger partial charge is 0.294 e. The third-order valence-electron chi connectivity index (χ3n) is 4.82. The summed E-state index contributed by atoms with van der Waals surface area (Å²) in [5.74, 6) is 0.917. The van der Waals surface area contributed by atoms with Gasteiger partial charge in [-0.15, -0.1) is 0 Å². The van der Waals surface area contributed by atoms with Gasteiger partial charge >= 0.3 is 0 Å². The Bertz CT molecular complexity index is 934. The van der Waals surface area contributed by atoms with E-state index in [1.165, 1.54) is 4.90 Å². The molecule has 0 aliphatic carbocycles. The van der Waals surface area contributed by atoms with Crippen LogP contribution in [0.4, 0.5) is 4.79 Å². The molecular formula is C20H20ClN3O3S. The number of benzene rings is 1. The van der Waals surface area contributed by atoms with Gasteiger partial charge in [0.25, 0.3) is 11.1 Å². The topological polar surface area (TPSA) is 57.0 Å². The zero-order valence-corrected chi connectivity index (χ0v) is 17.0. The molecule has 28 heavy (non-hydrogen) atoms. The average Bonchev–Trinajstić information content (AvgIpc) is 3.24. The molecular weight excluding hydrogens is 398 g/mol. The van der Waals surface area contributed by atoms with E-state index in [1.807, 2.05) is 24.3 Å². The largest absolute Gasteiger partial charge is 0.457 e.